The average Bonchev–Trinajstić information content (AvgIpc) is 2.69. The van der Waals surface area contributed by atoms with E-state index in [1.54, 1.807) is 11.8 Å². The number of rotatable bonds is 4. The van der Waals surface area contributed by atoms with E-state index in [1.165, 1.54) is 6.26 Å². The van der Waals surface area contributed by atoms with Crippen molar-refractivity contribution in [2.45, 2.75) is 26.1 Å². The van der Waals surface area contributed by atoms with Crippen molar-refractivity contribution in [1.82, 2.24) is 10.2 Å². The maximum Gasteiger partial charge on any atom is 0.238 e. The number of nitrogens with zero attached hydrogens (tertiary/aromatic N) is 1. The highest BCUT2D eigenvalue weighted by molar-refractivity contribution is 7.90. The second kappa shape index (κ2) is 5.54. The fourth-order valence-electron chi connectivity index (χ4n) is 2.65. The molecule has 1 amide bonds. The van der Waals surface area contributed by atoms with Crippen molar-refractivity contribution < 1.29 is 13.2 Å². The van der Waals surface area contributed by atoms with E-state index in [1.807, 2.05) is 31.2 Å². The first-order chi connectivity index (χ1) is 9.28. The Kier molecular flexibility index (Phi) is 4.15. The molecule has 2 atom stereocenters. The van der Waals surface area contributed by atoms with Gasteiger partial charge in [-0.3, -0.25) is 10.1 Å². The summed E-state index contributed by atoms with van der Waals surface area (Å²) in [6.45, 7) is 4.01. The van der Waals surface area contributed by atoms with E-state index in [-0.39, 0.29) is 30.4 Å². The van der Waals surface area contributed by atoms with Gasteiger partial charge < -0.3 is 4.90 Å². The van der Waals surface area contributed by atoms with Crippen molar-refractivity contribution in [2.24, 2.45) is 0 Å². The minimum absolute atomic E-state index is 0.0251. The molecule has 0 aromatic heterocycles. The second-order valence-electron chi connectivity index (χ2n) is 5.44. The SMILES string of the molecule is Cc1cccc(C2NCC(=O)N2C(C)CS(C)(=O)=O)c1. The van der Waals surface area contributed by atoms with E-state index in [0.717, 1.165) is 11.1 Å². The number of nitrogens with one attached hydrogen (secondary N) is 1. The van der Waals surface area contributed by atoms with Crippen LogP contribution in [0.3, 0.4) is 0 Å². The van der Waals surface area contributed by atoms with Gasteiger partial charge in [0.05, 0.1) is 12.3 Å². The number of hydrogen-bond acceptors (Lipinski definition) is 4. The molecule has 1 aromatic rings. The molecule has 20 heavy (non-hydrogen) atoms. The number of carbonyl (C=O) groups excluding carboxylic acids is 1. The van der Waals surface area contributed by atoms with Crippen molar-refractivity contribution in [3.8, 4) is 0 Å². The Morgan fingerprint density at radius 2 is 2.15 bits per heavy atom. The molecule has 0 saturated carbocycles. The molecular formula is C14H20N2O3S. The molecule has 1 aliphatic rings. The van der Waals surface area contributed by atoms with Gasteiger partial charge in [-0.05, 0) is 19.4 Å². The second-order valence-corrected chi connectivity index (χ2v) is 7.62. The van der Waals surface area contributed by atoms with Crippen LogP contribution in [-0.4, -0.2) is 43.8 Å². The molecule has 1 saturated heterocycles. The monoisotopic (exact) mass is 296 g/mol. The number of aryl methyl sites for hydroxylation is 1. The maximum atomic E-state index is 12.0. The topological polar surface area (TPSA) is 66.5 Å². The van der Waals surface area contributed by atoms with Crippen LogP contribution in [0.4, 0.5) is 0 Å². The number of hydrogen-bond donors (Lipinski definition) is 1. The molecule has 2 rings (SSSR count). The van der Waals surface area contributed by atoms with Crippen LogP contribution in [0.25, 0.3) is 0 Å². The van der Waals surface area contributed by atoms with E-state index in [0.29, 0.717) is 0 Å². The molecule has 1 N–H and O–H groups in total. The van der Waals surface area contributed by atoms with Crippen molar-refractivity contribution in [2.75, 3.05) is 18.6 Å². The molecule has 0 bridgehead atoms. The zero-order valence-electron chi connectivity index (χ0n) is 12.0. The van der Waals surface area contributed by atoms with Crippen LogP contribution in [0, 0.1) is 6.92 Å². The Morgan fingerprint density at radius 3 is 2.75 bits per heavy atom. The highest BCUT2D eigenvalue weighted by atomic mass is 32.2. The zero-order chi connectivity index (χ0) is 14.9. The molecule has 1 heterocycles. The van der Waals surface area contributed by atoms with Gasteiger partial charge in [0.2, 0.25) is 5.91 Å². The predicted octanol–water partition coefficient (Wildman–Crippen LogP) is 0.859. The Bertz CT molecular complexity index is 613. The summed E-state index contributed by atoms with van der Waals surface area (Å²) in [5, 5.41) is 3.15. The van der Waals surface area contributed by atoms with Gasteiger partial charge in [-0.1, -0.05) is 29.8 Å². The fraction of sp³-hybridized carbons (Fsp3) is 0.500. The van der Waals surface area contributed by atoms with Crippen LogP contribution in [0.5, 0.6) is 0 Å². The van der Waals surface area contributed by atoms with Crippen LogP contribution in [0.1, 0.15) is 24.2 Å². The minimum atomic E-state index is -3.12. The molecular weight excluding hydrogens is 276 g/mol. The summed E-state index contributed by atoms with van der Waals surface area (Å²) in [5.74, 6) is -0.0874. The third-order valence-corrected chi connectivity index (χ3v) is 4.48. The standard InChI is InChI=1S/C14H20N2O3S/c1-10-5-4-6-12(7-10)14-15-8-13(17)16(14)11(2)9-20(3,18)19/h4-7,11,14-15H,8-9H2,1-3H3. The third kappa shape index (κ3) is 3.37. The van der Waals surface area contributed by atoms with Gasteiger partial charge >= 0.3 is 0 Å². The van der Waals surface area contributed by atoms with Gasteiger partial charge in [-0.15, -0.1) is 0 Å². The largest absolute Gasteiger partial charge is 0.318 e. The molecule has 1 aliphatic heterocycles. The Labute approximate surface area is 119 Å². The summed E-state index contributed by atoms with van der Waals surface area (Å²) in [5.41, 5.74) is 2.09. The number of benzene rings is 1. The summed E-state index contributed by atoms with van der Waals surface area (Å²) in [7, 11) is -3.12. The van der Waals surface area contributed by atoms with E-state index in [4.69, 9.17) is 0 Å². The van der Waals surface area contributed by atoms with Crippen LogP contribution in [-0.2, 0) is 14.6 Å². The summed E-state index contributed by atoms with van der Waals surface area (Å²) in [6.07, 6.45) is 0.943. The lowest BCUT2D eigenvalue weighted by Crippen LogP contribution is -2.41. The van der Waals surface area contributed by atoms with Crippen LogP contribution in [0.2, 0.25) is 0 Å². The lowest BCUT2D eigenvalue weighted by atomic mass is 10.1. The lowest BCUT2D eigenvalue weighted by molar-refractivity contribution is -0.129. The van der Waals surface area contributed by atoms with Crippen molar-refractivity contribution in [3.63, 3.8) is 0 Å². The van der Waals surface area contributed by atoms with E-state index >= 15 is 0 Å². The molecule has 2 unspecified atom stereocenters. The molecule has 5 nitrogen and oxygen atoms in total. The normalized spacial score (nSPS) is 21.2. The minimum Gasteiger partial charge on any atom is -0.318 e. The van der Waals surface area contributed by atoms with Gasteiger partial charge in [0, 0.05) is 12.3 Å². The summed E-state index contributed by atoms with van der Waals surface area (Å²) >= 11 is 0. The van der Waals surface area contributed by atoms with Gasteiger partial charge in [0.1, 0.15) is 16.0 Å². The van der Waals surface area contributed by atoms with E-state index in [9.17, 15) is 13.2 Å². The smallest absolute Gasteiger partial charge is 0.238 e. The zero-order valence-corrected chi connectivity index (χ0v) is 12.8. The quantitative estimate of drug-likeness (QED) is 0.895. The van der Waals surface area contributed by atoms with Gasteiger partial charge in [0.25, 0.3) is 0 Å². The first-order valence-electron chi connectivity index (χ1n) is 6.57. The molecule has 110 valence electrons. The highest BCUT2D eigenvalue weighted by Gasteiger charge is 2.35. The van der Waals surface area contributed by atoms with Crippen LogP contribution in [0.15, 0.2) is 24.3 Å². The van der Waals surface area contributed by atoms with Gasteiger partial charge in [0.15, 0.2) is 0 Å². The van der Waals surface area contributed by atoms with E-state index < -0.39 is 9.84 Å². The first kappa shape index (κ1) is 15.0. The molecule has 0 radical (unpaired) electrons. The van der Waals surface area contributed by atoms with Gasteiger partial charge in [-0.25, -0.2) is 8.42 Å². The summed E-state index contributed by atoms with van der Waals surface area (Å²) in [4.78, 5) is 13.7. The van der Waals surface area contributed by atoms with Crippen molar-refractivity contribution in [1.29, 1.82) is 0 Å². The molecule has 1 aromatic carbocycles. The van der Waals surface area contributed by atoms with E-state index in [2.05, 4.69) is 5.32 Å². The molecule has 0 spiro atoms. The van der Waals surface area contributed by atoms with Crippen molar-refractivity contribution in [3.05, 3.63) is 35.4 Å². The molecule has 6 heteroatoms. The molecule has 1 fully saturated rings. The maximum absolute atomic E-state index is 12.0. The number of amides is 1. The molecule has 0 aliphatic carbocycles. The number of sulfone groups is 1. The van der Waals surface area contributed by atoms with Crippen LogP contribution >= 0.6 is 0 Å². The third-order valence-electron chi connectivity index (χ3n) is 3.39. The first-order valence-corrected chi connectivity index (χ1v) is 8.63. The summed E-state index contributed by atoms with van der Waals surface area (Å²) < 4.78 is 22.9. The Morgan fingerprint density at radius 1 is 1.45 bits per heavy atom. The predicted molar refractivity (Wildman–Crippen MR) is 77.9 cm³/mol. The van der Waals surface area contributed by atoms with Crippen LogP contribution < -0.4 is 5.32 Å². The lowest BCUT2D eigenvalue weighted by Gasteiger charge is -2.30. The summed E-state index contributed by atoms with van der Waals surface area (Å²) in [6, 6.07) is 7.54. The number of carbonyl (C=O) groups is 1. The van der Waals surface area contributed by atoms with Gasteiger partial charge in [-0.2, -0.15) is 0 Å². The Hall–Kier alpha value is -1.40. The fourth-order valence-corrected chi connectivity index (χ4v) is 3.69. The highest BCUT2D eigenvalue weighted by Crippen LogP contribution is 2.25. The Balaban J connectivity index is 2.27. The average molecular weight is 296 g/mol. The van der Waals surface area contributed by atoms with Crippen molar-refractivity contribution >= 4 is 15.7 Å².